The van der Waals surface area contributed by atoms with E-state index in [1.807, 2.05) is 53.9 Å². The molecule has 0 aliphatic carbocycles. The van der Waals surface area contributed by atoms with E-state index in [0.29, 0.717) is 11.2 Å². The predicted octanol–water partition coefficient (Wildman–Crippen LogP) is 3.12. The van der Waals surface area contributed by atoms with Crippen LogP contribution >= 0.6 is 0 Å². The van der Waals surface area contributed by atoms with Crippen molar-refractivity contribution in [1.29, 1.82) is 0 Å². The maximum atomic E-state index is 11.0. The highest BCUT2D eigenvalue weighted by Crippen LogP contribution is 2.24. The Balaban J connectivity index is 2.33. The summed E-state index contributed by atoms with van der Waals surface area (Å²) in [6.45, 7) is 2.01. The second-order valence-electron chi connectivity index (χ2n) is 4.19. The van der Waals surface area contributed by atoms with Gasteiger partial charge in [-0.25, -0.2) is 4.98 Å². The summed E-state index contributed by atoms with van der Waals surface area (Å²) in [5.41, 5.74) is 4.35. The van der Waals surface area contributed by atoms with Crippen molar-refractivity contribution in [3.05, 3.63) is 59.9 Å². The Kier molecular flexibility index (Phi) is 2.45. The highest BCUT2D eigenvalue weighted by Gasteiger charge is 2.11. The maximum Gasteiger partial charge on any atom is 0.153 e. The summed E-state index contributed by atoms with van der Waals surface area (Å²) in [6.07, 6.45) is 2.77. The van der Waals surface area contributed by atoms with Gasteiger partial charge in [0.05, 0.1) is 11.3 Å². The first kappa shape index (κ1) is 10.7. The first-order valence-corrected chi connectivity index (χ1v) is 5.79. The first-order chi connectivity index (χ1) is 8.81. The quantitative estimate of drug-likeness (QED) is 0.641. The summed E-state index contributed by atoms with van der Waals surface area (Å²) in [5.74, 6) is 0. The third kappa shape index (κ3) is 1.52. The fraction of sp³-hybridized carbons (Fsp3) is 0.0667. The Morgan fingerprint density at radius 2 is 1.89 bits per heavy atom. The number of aryl methyl sites for hydroxylation is 1. The van der Waals surface area contributed by atoms with E-state index in [2.05, 4.69) is 4.98 Å². The zero-order valence-corrected chi connectivity index (χ0v) is 10.00. The number of fused-ring (bicyclic) bond motifs is 1. The Morgan fingerprint density at radius 1 is 1.11 bits per heavy atom. The van der Waals surface area contributed by atoms with E-state index in [0.717, 1.165) is 23.2 Å². The molecule has 1 aromatic carbocycles. The Morgan fingerprint density at radius 3 is 2.61 bits per heavy atom. The van der Waals surface area contributed by atoms with Crippen LogP contribution < -0.4 is 0 Å². The van der Waals surface area contributed by atoms with Gasteiger partial charge in [0.25, 0.3) is 0 Å². The number of hydrogen-bond acceptors (Lipinski definition) is 2. The molecule has 0 atom stereocenters. The first-order valence-electron chi connectivity index (χ1n) is 5.79. The van der Waals surface area contributed by atoms with Gasteiger partial charge in [0.1, 0.15) is 5.65 Å². The topological polar surface area (TPSA) is 34.4 Å². The number of rotatable bonds is 2. The Bertz CT molecular complexity index is 714. The number of aromatic nitrogens is 2. The molecule has 0 saturated heterocycles. The molecular formula is C15H12N2O. The van der Waals surface area contributed by atoms with Crippen LogP contribution in [0.15, 0.2) is 48.7 Å². The van der Waals surface area contributed by atoms with Crippen molar-refractivity contribution in [3.8, 4) is 11.3 Å². The zero-order valence-electron chi connectivity index (χ0n) is 10.00. The summed E-state index contributed by atoms with van der Waals surface area (Å²) in [4.78, 5) is 15.6. The number of carbonyl (C=O) groups is 1. The fourth-order valence-electron chi connectivity index (χ4n) is 2.17. The van der Waals surface area contributed by atoms with Gasteiger partial charge in [-0.05, 0) is 19.1 Å². The van der Waals surface area contributed by atoms with Crippen LogP contribution in [0, 0.1) is 6.92 Å². The molecule has 88 valence electrons. The van der Waals surface area contributed by atoms with E-state index in [1.54, 1.807) is 6.07 Å². The van der Waals surface area contributed by atoms with Gasteiger partial charge in [-0.1, -0.05) is 30.3 Å². The highest BCUT2D eigenvalue weighted by atomic mass is 16.1. The molecule has 3 nitrogen and oxygen atoms in total. The molecule has 3 rings (SSSR count). The molecule has 2 heterocycles. The van der Waals surface area contributed by atoms with Gasteiger partial charge in [0.2, 0.25) is 0 Å². The van der Waals surface area contributed by atoms with Crippen molar-refractivity contribution < 1.29 is 4.79 Å². The third-order valence-corrected chi connectivity index (χ3v) is 3.09. The van der Waals surface area contributed by atoms with E-state index < -0.39 is 0 Å². The largest absolute Gasteiger partial charge is 0.303 e. The molecule has 0 aliphatic heterocycles. The van der Waals surface area contributed by atoms with E-state index in [1.165, 1.54) is 0 Å². The molecule has 0 saturated carbocycles. The average Bonchev–Trinajstić information content (AvgIpc) is 2.77. The van der Waals surface area contributed by atoms with Gasteiger partial charge in [-0.3, -0.25) is 4.79 Å². The summed E-state index contributed by atoms with van der Waals surface area (Å²) in [6, 6.07) is 13.6. The number of aldehydes is 1. The summed E-state index contributed by atoms with van der Waals surface area (Å²) in [5, 5.41) is 0. The lowest BCUT2D eigenvalue weighted by atomic mass is 10.1. The minimum atomic E-state index is 0.614. The number of pyridine rings is 1. The van der Waals surface area contributed by atoms with Crippen molar-refractivity contribution in [3.63, 3.8) is 0 Å². The minimum absolute atomic E-state index is 0.614. The average molecular weight is 236 g/mol. The van der Waals surface area contributed by atoms with Crippen molar-refractivity contribution in [2.75, 3.05) is 0 Å². The van der Waals surface area contributed by atoms with Crippen molar-refractivity contribution in [2.45, 2.75) is 6.92 Å². The molecule has 3 aromatic rings. The van der Waals surface area contributed by atoms with Crippen LogP contribution in [0.4, 0.5) is 0 Å². The normalized spacial score (nSPS) is 10.7. The predicted molar refractivity (Wildman–Crippen MR) is 70.8 cm³/mol. The molecule has 18 heavy (non-hydrogen) atoms. The van der Waals surface area contributed by atoms with Crippen LogP contribution in [0.2, 0.25) is 0 Å². The second kappa shape index (κ2) is 4.11. The lowest BCUT2D eigenvalue weighted by molar-refractivity contribution is 0.112. The highest BCUT2D eigenvalue weighted by molar-refractivity contribution is 5.85. The van der Waals surface area contributed by atoms with Crippen LogP contribution in [-0.2, 0) is 0 Å². The van der Waals surface area contributed by atoms with Crippen LogP contribution in [0.3, 0.4) is 0 Å². The molecule has 0 amide bonds. The van der Waals surface area contributed by atoms with E-state index >= 15 is 0 Å². The van der Waals surface area contributed by atoms with Crippen molar-refractivity contribution in [2.24, 2.45) is 0 Å². The van der Waals surface area contributed by atoms with E-state index in [9.17, 15) is 4.79 Å². The third-order valence-electron chi connectivity index (χ3n) is 3.09. The van der Waals surface area contributed by atoms with Gasteiger partial charge in [-0.2, -0.15) is 0 Å². The molecule has 0 radical (unpaired) electrons. The second-order valence-corrected chi connectivity index (χ2v) is 4.19. The van der Waals surface area contributed by atoms with Gasteiger partial charge in [0, 0.05) is 17.5 Å². The number of nitrogens with zero attached hydrogens (tertiary/aromatic N) is 2. The van der Waals surface area contributed by atoms with Gasteiger partial charge in [-0.15, -0.1) is 0 Å². The molecule has 0 aliphatic rings. The lowest BCUT2D eigenvalue weighted by Gasteiger charge is -1.98. The van der Waals surface area contributed by atoms with Gasteiger partial charge in [0.15, 0.2) is 6.29 Å². The van der Waals surface area contributed by atoms with Crippen LogP contribution in [0.1, 0.15) is 16.1 Å². The van der Waals surface area contributed by atoms with E-state index in [4.69, 9.17) is 0 Å². The van der Waals surface area contributed by atoms with E-state index in [-0.39, 0.29) is 0 Å². The number of hydrogen-bond donors (Lipinski definition) is 0. The van der Waals surface area contributed by atoms with Gasteiger partial charge >= 0.3 is 0 Å². The molecule has 0 bridgehead atoms. The molecule has 2 aromatic heterocycles. The van der Waals surface area contributed by atoms with Crippen LogP contribution in [-0.4, -0.2) is 15.7 Å². The Labute approximate surface area is 105 Å². The van der Waals surface area contributed by atoms with Crippen LogP contribution in [0.5, 0.6) is 0 Å². The molecule has 0 unspecified atom stereocenters. The Hall–Kier alpha value is -2.42. The summed E-state index contributed by atoms with van der Waals surface area (Å²) in [7, 11) is 0. The molecule has 0 N–H and O–H groups in total. The van der Waals surface area contributed by atoms with Gasteiger partial charge < -0.3 is 4.40 Å². The monoisotopic (exact) mass is 236 g/mol. The molecule has 3 heteroatoms. The summed E-state index contributed by atoms with van der Waals surface area (Å²) >= 11 is 0. The van der Waals surface area contributed by atoms with Crippen molar-refractivity contribution >= 4 is 11.9 Å². The number of imidazole rings is 1. The standard InChI is InChI=1S/C15H12N2O/c1-11-14(12-6-3-2-4-7-12)16-15-13(10-18)8-5-9-17(11)15/h2-10H,1H3. The fourth-order valence-corrected chi connectivity index (χ4v) is 2.17. The molecule has 0 spiro atoms. The minimum Gasteiger partial charge on any atom is -0.303 e. The molecule has 0 fully saturated rings. The SMILES string of the molecule is Cc1c(-c2ccccc2)nc2c(C=O)cccn12. The zero-order chi connectivity index (χ0) is 12.5. The lowest BCUT2D eigenvalue weighted by Crippen LogP contribution is -1.91. The smallest absolute Gasteiger partial charge is 0.153 e. The molecular weight excluding hydrogens is 224 g/mol. The van der Waals surface area contributed by atoms with Crippen LogP contribution in [0.25, 0.3) is 16.9 Å². The number of carbonyl (C=O) groups excluding carboxylic acids is 1. The van der Waals surface area contributed by atoms with Crippen molar-refractivity contribution in [1.82, 2.24) is 9.38 Å². The maximum absolute atomic E-state index is 11.0. The summed E-state index contributed by atoms with van der Waals surface area (Å²) < 4.78 is 1.95. The number of benzene rings is 1.